The number of rotatable bonds is 7. The standard InChI is InChI=1S/C23H25N3O5/c1-24-23(30)25-21(28)20(17-10-6-3-7-11-17)31-22(29)18-14-19(27)26(15-18)13-12-16-8-4-2-5-9-16/h2-11,18,20H,12-15H2,1H3,(H2,24,25,28,30)/t18-,20-/m1/s1. The molecule has 3 rings (SSSR count). The van der Waals surface area contributed by atoms with E-state index < -0.39 is 29.9 Å². The molecule has 1 saturated heterocycles. The predicted molar refractivity (Wildman–Crippen MR) is 113 cm³/mol. The summed E-state index contributed by atoms with van der Waals surface area (Å²) in [5.74, 6) is -2.19. The van der Waals surface area contributed by atoms with Gasteiger partial charge in [-0.1, -0.05) is 60.7 Å². The molecule has 0 unspecified atom stereocenters. The third-order valence-electron chi connectivity index (χ3n) is 5.10. The van der Waals surface area contributed by atoms with Gasteiger partial charge in [-0.25, -0.2) is 4.79 Å². The SMILES string of the molecule is CNC(=O)NC(=O)[C@H](OC(=O)[C@@H]1CC(=O)N(CCc2ccccc2)C1)c1ccccc1. The Morgan fingerprint density at radius 3 is 2.35 bits per heavy atom. The summed E-state index contributed by atoms with van der Waals surface area (Å²) in [6, 6.07) is 17.5. The van der Waals surface area contributed by atoms with Crippen LogP contribution in [0.2, 0.25) is 0 Å². The van der Waals surface area contributed by atoms with E-state index in [2.05, 4.69) is 10.6 Å². The molecular formula is C23H25N3O5. The molecule has 1 heterocycles. The number of likely N-dealkylation sites (tertiary alicyclic amines) is 1. The Kier molecular flexibility index (Phi) is 7.37. The second-order valence-electron chi connectivity index (χ2n) is 7.27. The summed E-state index contributed by atoms with van der Waals surface area (Å²) in [4.78, 5) is 50.8. The van der Waals surface area contributed by atoms with Crippen LogP contribution in [0.3, 0.4) is 0 Å². The molecule has 0 radical (unpaired) electrons. The highest BCUT2D eigenvalue weighted by molar-refractivity contribution is 5.98. The van der Waals surface area contributed by atoms with E-state index in [0.29, 0.717) is 18.5 Å². The normalized spacial score (nSPS) is 16.5. The second-order valence-corrected chi connectivity index (χ2v) is 7.27. The zero-order chi connectivity index (χ0) is 22.2. The van der Waals surface area contributed by atoms with E-state index in [4.69, 9.17) is 4.74 Å². The topological polar surface area (TPSA) is 105 Å². The van der Waals surface area contributed by atoms with E-state index in [1.54, 1.807) is 35.2 Å². The van der Waals surface area contributed by atoms with Gasteiger partial charge in [-0.3, -0.25) is 19.7 Å². The Morgan fingerprint density at radius 1 is 1.06 bits per heavy atom. The van der Waals surface area contributed by atoms with Gasteiger partial charge in [0.25, 0.3) is 5.91 Å². The van der Waals surface area contributed by atoms with Gasteiger partial charge in [-0.2, -0.15) is 0 Å². The lowest BCUT2D eigenvalue weighted by Gasteiger charge is -2.20. The highest BCUT2D eigenvalue weighted by Crippen LogP contribution is 2.24. The molecule has 31 heavy (non-hydrogen) atoms. The number of nitrogens with zero attached hydrogens (tertiary/aromatic N) is 1. The van der Waals surface area contributed by atoms with Crippen molar-refractivity contribution in [1.82, 2.24) is 15.5 Å². The first kappa shape index (κ1) is 22.0. The molecule has 0 aliphatic carbocycles. The summed E-state index contributed by atoms with van der Waals surface area (Å²) in [5, 5.41) is 4.42. The van der Waals surface area contributed by atoms with Crippen LogP contribution in [0.15, 0.2) is 60.7 Å². The Labute approximate surface area is 180 Å². The minimum atomic E-state index is -1.29. The largest absolute Gasteiger partial charge is 0.447 e. The monoisotopic (exact) mass is 423 g/mol. The van der Waals surface area contributed by atoms with Crippen LogP contribution < -0.4 is 10.6 Å². The number of esters is 1. The van der Waals surface area contributed by atoms with Crippen molar-refractivity contribution in [3.63, 3.8) is 0 Å². The number of amides is 4. The van der Waals surface area contributed by atoms with Crippen molar-refractivity contribution in [2.24, 2.45) is 5.92 Å². The number of imide groups is 1. The number of carbonyl (C=O) groups is 4. The van der Waals surface area contributed by atoms with Crippen molar-refractivity contribution in [3.05, 3.63) is 71.8 Å². The van der Waals surface area contributed by atoms with E-state index in [-0.39, 0.29) is 18.9 Å². The zero-order valence-electron chi connectivity index (χ0n) is 17.2. The number of benzene rings is 2. The van der Waals surface area contributed by atoms with Gasteiger partial charge >= 0.3 is 12.0 Å². The number of hydrogen-bond donors (Lipinski definition) is 2. The van der Waals surface area contributed by atoms with Crippen molar-refractivity contribution in [3.8, 4) is 0 Å². The lowest BCUT2D eigenvalue weighted by Crippen LogP contribution is -2.41. The number of nitrogens with one attached hydrogen (secondary N) is 2. The van der Waals surface area contributed by atoms with E-state index in [0.717, 1.165) is 5.56 Å². The maximum Gasteiger partial charge on any atom is 0.321 e. The number of urea groups is 1. The molecule has 0 spiro atoms. The third-order valence-corrected chi connectivity index (χ3v) is 5.10. The molecule has 8 heteroatoms. The number of hydrogen-bond acceptors (Lipinski definition) is 5. The second kappa shape index (κ2) is 10.4. The van der Waals surface area contributed by atoms with E-state index in [1.807, 2.05) is 30.3 Å². The van der Waals surface area contributed by atoms with Gasteiger partial charge in [0.1, 0.15) is 0 Å². The van der Waals surface area contributed by atoms with Crippen molar-refractivity contribution < 1.29 is 23.9 Å². The predicted octanol–water partition coefficient (Wildman–Crippen LogP) is 1.82. The smallest absolute Gasteiger partial charge is 0.321 e. The molecule has 0 bridgehead atoms. The molecule has 4 amide bonds. The summed E-state index contributed by atoms with van der Waals surface area (Å²) in [5.41, 5.74) is 1.54. The molecule has 2 aromatic rings. The van der Waals surface area contributed by atoms with Gasteiger partial charge in [0.2, 0.25) is 12.0 Å². The molecule has 2 N–H and O–H groups in total. The van der Waals surface area contributed by atoms with E-state index in [1.165, 1.54) is 7.05 Å². The molecule has 1 fully saturated rings. The fraction of sp³-hybridized carbons (Fsp3) is 0.304. The first-order valence-electron chi connectivity index (χ1n) is 10.1. The molecule has 0 saturated carbocycles. The molecule has 2 atom stereocenters. The fourth-order valence-electron chi connectivity index (χ4n) is 3.41. The molecule has 1 aliphatic heterocycles. The zero-order valence-corrected chi connectivity index (χ0v) is 17.2. The molecule has 0 aromatic heterocycles. The van der Waals surface area contributed by atoms with Gasteiger partial charge < -0.3 is 15.0 Å². The minimum Gasteiger partial charge on any atom is -0.447 e. The van der Waals surface area contributed by atoms with Crippen LogP contribution in [0, 0.1) is 5.92 Å². The molecule has 162 valence electrons. The van der Waals surface area contributed by atoms with Gasteiger partial charge in [0.15, 0.2) is 0 Å². The van der Waals surface area contributed by atoms with Crippen LogP contribution in [0.25, 0.3) is 0 Å². The Hall–Kier alpha value is -3.68. The van der Waals surface area contributed by atoms with Crippen molar-refractivity contribution in [1.29, 1.82) is 0 Å². The molecular weight excluding hydrogens is 398 g/mol. The van der Waals surface area contributed by atoms with Crippen molar-refractivity contribution in [2.75, 3.05) is 20.1 Å². The van der Waals surface area contributed by atoms with Gasteiger partial charge in [-0.15, -0.1) is 0 Å². The van der Waals surface area contributed by atoms with E-state index in [9.17, 15) is 19.2 Å². The van der Waals surface area contributed by atoms with Gasteiger partial charge in [0.05, 0.1) is 5.92 Å². The van der Waals surface area contributed by atoms with Crippen molar-refractivity contribution >= 4 is 23.8 Å². The number of carbonyl (C=O) groups excluding carboxylic acids is 4. The maximum atomic E-state index is 12.8. The number of ether oxygens (including phenoxy) is 1. The van der Waals surface area contributed by atoms with Crippen LogP contribution in [-0.4, -0.2) is 48.9 Å². The highest BCUT2D eigenvalue weighted by Gasteiger charge is 2.37. The maximum absolute atomic E-state index is 12.8. The van der Waals surface area contributed by atoms with E-state index >= 15 is 0 Å². The minimum absolute atomic E-state index is 0.0339. The Morgan fingerprint density at radius 2 is 1.71 bits per heavy atom. The quantitative estimate of drug-likeness (QED) is 0.661. The average Bonchev–Trinajstić information content (AvgIpc) is 3.17. The first-order valence-corrected chi connectivity index (χ1v) is 10.1. The molecule has 1 aliphatic rings. The van der Waals surface area contributed by atoms with Crippen LogP contribution in [0.5, 0.6) is 0 Å². The molecule has 8 nitrogen and oxygen atoms in total. The third kappa shape index (κ3) is 5.91. The first-order chi connectivity index (χ1) is 15.0. The van der Waals surface area contributed by atoms with Crippen LogP contribution in [-0.2, 0) is 25.5 Å². The summed E-state index contributed by atoms with van der Waals surface area (Å²) < 4.78 is 5.48. The summed E-state index contributed by atoms with van der Waals surface area (Å²) >= 11 is 0. The highest BCUT2D eigenvalue weighted by atomic mass is 16.5. The lowest BCUT2D eigenvalue weighted by atomic mass is 10.1. The fourth-order valence-corrected chi connectivity index (χ4v) is 3.41. The average molecular weight is 423 g/mol. The van der Waals surface area contributed by atoms with Gasteiger partial charge in [0, 0.05) is 32.1 Å². The Balaban J connectivity index is 1.63. The summed E-state index contributed by atoms with van der Waals surface area (Å²) in [6.45, 7) is 0.745. The molecule has 2 aromatic carbocycles. The van der Waals surface area contributed by atoms with Crippen molar-refractivity contribution in [2.45, 2.75) is 18.9 Å². The summed E-state index contributed by atoms with van der Waals surface area (Å²) in [7, 11) is 1.38. The van der Waals surface area contributed by atoms with Crippen LogP contribution >= 0.6 is 0 Å². The summed E-state index contributed by atoms with van der Waals surface area (Å²) in [6.07, 6.45) is -0.568. The Bertz CT molecular complexity index is 933. The van der Waals surface area contributed by atoms with Crippen LogP contribution in [0.1, 0.15) is 23.7 Å². The van der Waals surface area contributed by atoms with Gasteiger partial charge in [-0.05, 0) is 12.0 Å². The van der Waals surface area contributed by atoms with Crippen LogP contribution in [0.4, 0.5) is 4.79 Å². The lowest BCUT2D eigenvalue weighted by molar-refractivity contribution is -0.159.